The SMILES string of the molecule is CCCC1CCC(C(=O)Cc2ccc(-c3ccc(OCC)cc3)cc2)C(=O)C1. The minimum Gasteiger partial charge on any atom is -0.494 e. The molecular weight excluding hydrogens is 348 g/mol. The van der Waals surface area contributed by atoms with Crippen molar-refractivity contribution in [1.82, 2.24) is 0 Å². The van der Waals surface area contributed by atoms with Gasteiger partial charge in [0.25, 0.3) is 0 Å². The third kappa shape index (κ3) is 5.09. The molecular formula is C25H30O3. The first-order valence-electron chi connectivity index (χ1n) is 10.5. The lowest BCUT2D eigenvalue weighted by molar-refractivity contribution is -0.135. The van der Waals surface area contributed by atoms with Gasteiger partial charge in [-0.25, -0.2) is 0 Å². The molecule has 2 unspecified atom stereocenters. The highest BCUT2D eigenvalue weighted by molar-refractivity contribution is 6.03. The van der Waals surface area contributed by atoms with E-state index in [0.717, 1.165) is 48.1 Å². The van der Waals surface area contributed by atoms with E-state index in [2.05, 4.69) is 6.92 Å². The Kier molecular flexibility index (Phi) is 7.02. The molecule has 0 amide bonds. The van der Waals surface area contributed by atoms with Gasteiger partial charge in [-0.2, -0.15) is 0 Å². The van der Waals surface area contributed by atoms with Crippen LogP contribution in [-0.4, -0.2) is 18.2 Å². The molecule has 28 heavy (non-hydrogen) atoms. The van der Waals surface area contributed by atoms with Gasteiger partial charge in [0.15, 0.2) is 0 Å². The van der Waals surface area contributed by atoms with Gasteiger partial charge in [-0.1, -0.05) is 56.2 Å². The Morgan fingerprint density at radius 2 is 1.61 bits per heavy atom. The van der Waals surface area contributed by atoms with Gasteiger partial charge in [-0.15, -0.1) is 0 Å². The Labute approximate surface area is 168 Å². The summed E-state index contributed by atoms with van der Waals surface area (Å²) in [6.07, 6.45) is 4.87. The summed E-state index contributed by atoms with van der Waals surface area (Å²) in [5, 5.41) is 0. The molecule has 2 aromatic carbocycles. The summed E-state index contributed by atoms with van der Waals surface area (Å²) in [6, 6.07) is 16.1. The third-order valence-corrected chi connectivity index (χ3v) is 5.66. The van der Waals surface area contributed by atoms with Gasteiger partial charge < -0.3 is 4.74 Å². The van der Waals surface area contributed by atoms with Gasteiger partial charge in [-0.3, -0.25) is 9.59 Å². The van der Waals surface area contributed by atoms with Crippen LogP contribution in [0.25, 0.3) is 11.1 Å². The van der Waals surface area contributed by atoms with Crippen LogP contribution in [0, 0.1) is 11.8 Å². The van der Waals surface area contributed by atoms with Crippen molar-refractivity contribution < 1.29 is 14.3 Å². The molecule has 1 saturated carbocycles. The minimum atomic E-state index is -0.390. The summed E-state index contributed by atoms with van der Waals surface area (Å²) in [4.78, 5) is 25.1. The first-order chi connectivity index (χ1) is 13.6. The molecule has 2 atom stereocenters. The number of Topliss-reactive ketones (excluding diaryl/α,β-unsaturated/α-hetero) is 2. The Morgan fingerprint density at radius 3 is 2.18 bits per heavy atom. The van der Waals surface area contributed by atoms with Crippen molar-refractivity contribution >= 4 is 11.6 Å². The summed E-state index contributed by atoms with van der Waals surface area (Å²) >= 11 is 0. The predicted molar refractivity (Wildman–Crippen MR) is 113 cm³/mol. The molecule has 3 nitrogen and oxygen atoms in total. The summed E-state index contributed by atoms with van der Waals surface area (Å²) in [5.41, 5.74) is 3.20. The summed E-state index contributed by atoms with van der Waals surface area (Å²) < 4.78 is 5.48. The monoisotopic (exact) mass is 378 g/mol. The van der Waals surface area contributed by atoms with E-state index in [4.69, 9.17) is 4.74 Å². The number of rotatable bonds is 8. The van der Waals surface area contributed by atoms with Crippen LogP contribution in [0.2, 0.25) is 0 Å². The van der Waals surface area contributed by atoms with E-state index in [1.165, 1.54) is 0 Å². The summed E-state index contributed by atoms with van der Waals surface area (Å²) in [5.74, 6) is 1.19. The van der Waals surface area contributed by atoms with Crippen LogP contribution in [0.3, 0.4) is 0 Å². The zero-order valence-electron chi connectivity index (χ0n) is 16.9. The molecule has 0 aliphatic heterocycles. The van der Waals surface area contributed by atoms with E-state index in [1.54, 1.807) is 0 Å². The Bertz CT molecular complexity index is 790. The van der Waals surface area contributed by atoms with Gasteiger partial charge in [0, 0.05) is 12.8 Å². The normalized spacial score (nSPS) is 19.4. The molecule has 0 spiro atoms. The van der Waals surface area contributed by atoms with Crippen LogP contribution in [0.15, 0.2) is 48.5 Å². The lowest BCUT2D eigenvalue weighted by atomic mass is 9.76. The third-order valence-electron chi connectivity index (χ3n) is 5.66. The van der Waals surface area contributed by atoms with Crippen LogP contribution in [0.1, 0.15) is 51.5 Å². The number of hydrogen-bond donors (Lipinski definition) is 0. The zero-order valence-corrected chi connectivity index (χ0v) is 16.9. The van der Waals surface area contributed by atoms with Crippen molar-refractivity contribution in [3.63, 3.8) is 0 Å². The van der Waals surface area contributed by atoms with Crippen LogP contribution in [0.4, 0.5) is 0 Å². The average molecular weight is 379 g/mol. The highest BCUT2D eigenvalue weighted by Crippen LogP contribution is 2.30. The molecule has 0 radical (unpaired) electrons. The van der Waals surface area contributed by atoms with Gasteiger partial charge in [-0.05, 0) is 54.5 Å². The highest BCUT2D eigenvalue weighted by Gasteiger charge is 2.32. The Morgan fingerprint density at radius 1 is 0.964 bits per heavy atom. The smallest absolute Gasteiger partial charge is 0.147 e. The number of ketones is 2. The van der Waals surface area contributed by atoms with Crippen molar-refractivity contribution in [3.05, 3.63) is 54.1 Å². The molecule has 1 aliphatic rings. The summed E-state index contributed by atoms with van der Waals surface area (Å²) in [7, 11) is 0. The van der Waals surface area contributed by atoms with Crippen LogP contribution >= 0.6 is 0 Å². The predicted octanol–water partition coefficient (Wildman–Crippen LogP) is 5.65. The molecule has 1 aliphatic carbocycles. The maximum atomic E-state index is 12.7. The Balaban J connectivity index is 1.59. The molecule has 0 heterocycles. The quantitative estimate of drug-likeness (QED) is 0.558. The fourth-order valence-corrected chi connectivity index (χ4v) is 4.14. The molecule has 0 aromatic heterocycles. The van der Waals surface area contributed by atoms with Crippen molar-refractivity contribution in [1.29, 1.82) is 0 Å². The minimum absolute atomic E-state index is 0.0776. The molecule has 3 rings (SSSR count). The second-order valence-electron chi connectivity index (χ2n) is 7.75. The van der Waals surface area contributed by atoms with Crippen molar-refractivity contribution in [2.45, 2.75) is 52.4 Å². The fourth-order valence-electron chi connectivity index (χ4n) is 4.14. The number of carbonyl (C=O) groups excluding carboxylic acids is 2. The molecule has 0 saturated heterocycles. The van der Waals surface area contributed by atoms with Gasteiger partial charge in [0.1, 0.15) is 17.3 Å². The molecule has 0 bridgehead atoms. The van der Waals surface area contributed by atoms with Crippen LogP contribution < -0.4 is 4.74 Å². The van der Waals surface area contributed by atoms with Crippen molar-refractivity contribution in [2.24, 2.45) is 11.8 Å². The first kappa shape index (κ1) is 20.3. The fraction of sp³-hybridized carbons (Fsp3) is 0.440. The van der Waals surface area contributed by atoms with E-state index < -0.39 is 0 Å². The van der Waals surface area contributed by atoms with E-state index in [0.29, 0.717) is 25.4 Å². The second-order valence-corrected chi connectivity index (χ2v) is 7.75. The van der Waals surface area contributed by atoms with Gasteiger partial charge in [0.05, 0.1) is 12.5 Å². The number of carbonyl (C=O) groups is 2. The van der Waals surface area contributed by atoms with Gasteiger partial charge in [0.2, 0.25) is 0 Å². The van der Waals surface area contributed by atoms with E-state index >= 15 is 0 Å². The molecule has 1 fully saturated rings. The van der Waals surface area contributed by atoms with Crippen molar-refractivity contribution in [2.75, 3.05) is 6.61 Å². The number of hydrogen-bond acceptors (Lipinski definition) is 3. The number of ether oxygens (including phenoxy) is 1. The van der Waals surface area contributed by atoms with Crippen LogP contribution in [-0.2, 0) is 16.0 Å². The largest absolute Gasteiger partial charge is 0.494 e. The molecule has 0 N–H and O–H groups in total. The van der Waals surface area contributed by atoms with E-state index in [1.807, 2.05) is 55.5 Å². The lowest BCUT2D eigenvalue weighted by Crippen LogP contribution is -2.31. The molecule has 148 valence electrons. The second kappa shape index (κ2) is 9.68. The standard InChI is InChI=1S/C25H30O3/c1-3-5-18-8-15-23(24(26)16-18)25(27)17-19-6-9-20(10-7-19)21-11-13-22(14-12-21)28-4-2/h6-7,9-14,18,23H,3-5,8,15-17H2,1-2H3. The maximum absolute atomic E-state index is 12.7. The molecule has 2 aromatic rings. The topological polar surface area (TPSA) is 43.4 Å². The zero-order chi connectivity index (χ0) is 19.9. The first-order valence-corrected chi connectivity index (χ1v) is 10.5. The van der Waals surface area contributed by atoms with Crippen molar-refractivity contribution in [3.8, 4) is 16.9 Å². The van der Waals surface area contributed by atoms with Crippen LogP contribution in [0.5, 0.6) is 5.75 Å². The summed E-state index contributed by atoms with van der Waals surface area (Å²) in [6.45, 7) is 4.78. The number of benzene rings is 2. The van der Waals surface area contributed by atoms with E-state index in [9.17, 15) is 9.59 Å². The average Bonchev–Trinajstić information content (AvgIpc) is 2.70. The highest BCUT2D eigenvalue weighted by atomic mass is 16.5. The van der Waals surface area contributed by atoms with Gasteiger partial charge >= 0.3 is 0 Å². The van der Waals surface area contributed by atoms with E-state index in [-0.39, 0.29) is 17.5 Å². The lowest BCUT2D eigenvalue weighted by Gasteiger charge is -2.26. The molecule has 3 heteroatoms. The maximum Gasteiger partial charge on any atom is 0.147 e. The Hall–Kier alpha value is -2.42.